The van der Waals surface area contributed by atoms with E-state index >= 15 is 0 Å². The van der Waals surface area contributed by atoms with Crippen LogP contribution in [0.25, 0.3) is 0 Å². The largest absolute Gasteiger partial charge is 0.478 e. The molecule has 80 valence electrons. The first kappa shape index (κ1) is 10.1. The fourth-order valence-electron chi connectivity index (χ4n) is 1.44. The quantitative estimate of drug-likeness (QED) is 0.736. The minimum absolute atomic E-state index is 0.217. The molecule has 1 aliphatic rings. The Hall–Kier alpha value is -1.42. The third kappa shape index (κ3) is 2.53. The molecule has 15 heavy (non-hydrogen) atoms. The molecule has 0 aliphatic carbocycles. The minimum atomic E-state index is 0.217. The number of aliphatic imine (C=N–C) groups is 1. The number of rotatable bonds is 5. The maximum Gasteiger partial charge on any atom is 0.213 e. The van der Waals surface area contributed by atoms with E-state index in [1.165, 1.54) is 0 Å². The Morgan fingerprint density at radius 3 is 3.13 bits per heavy atom. The summed E-state index contributed by atoms with van der Waals surface area (Å²) in [5, 5.41) is 8.60. The molecule has 0 atom stereocenters. The molecule has 0 unspecified atom stereocenters. The maximum atomic E-state index is 8.60. The molecule has 1 aromatic rings. The van der Waals surface area contributed by atoms with Crippen LogP contribution in [0.15, 0.2) is 17.1 Å². The van der Waals surface area contributed by atoms with E-state index in [9.17, 15) is 0 Å². The van der Waals surface area contributed by atoms with Crippen molar-refractivity contribution in [2.24, 2.45) is 4.99 Å². The van der Waals surface area contributed by atoms with Crippen LogP contribution in [0.5, 0.6) is 5.88 Å². The van der Waals surface area contributed by atoms with Crippen LogP contribution >= 0.6 is 0 Å². The molecule has 0 saturated carbocycles. The molecule has 4 heteroatoms. The standard InChI is InChI=1S/C11H14N2O2/c14-5-1-2-6-15-11-4-3-9-7-12-8-10(9)13-11/h3-4,7,14H,1-2,5-6,8H2. The van der Waals surface area contributed by atoms with E-state index in [-0.39, 0.29) is 6.61 Å². The Bertz CT molecular complexity index is 364. The number of aromatic nitrogens is 1. The number of unbranched alkanes of at least 4 members (excludes halogenated alkanes) is 1. The lowest BCUT2D eigenvalue weighted by Gasteiger charge is -2.05. The van der Waals surface area contributed by atoms with Crippen LogP contribution in [0.3, 0.4) is 0 Å². The number of aliphatic hydroxyl groups is 1. The normalized spacial score (nSPS) is 12.9. The predicted octanol–water partition coefficient (Wildman–Crippen LogP) is 1.17. The summed E-state index contributed by atoms with van der Waals surface area (Å²) in [7, 11) is 0. The zero-order chi connectivity index (χ0) is 10.5. The fourth-order valence-corrected chi connectivity index (χ4v) is 1.44. The van der Waals surface area contributed by atoms with Gasteiger partial charge in [0.2, 0.25) is 5.88 Å². The molecular formula is C11H14N2O2. The second-order valence-corrected chi connectivity index (χ2v) is 3.43. The van der Waals surface area contributed by atoms with Gasteiger partial charge in [0, 0.05) is 24.5 Å². The van der Waals surface area contributed by atoms with Gasteiger partial charge < -0.3 is 9.84 Å². The zero-order valence-electron chi connectivity index (χ0n) is 8.52. The Labute approximate surface area is 88.6 Å². The number of ether oxygens (including phenoxy) is 1. The van der Waals surface area contributed by atoms with E-state index in [0.717, 1.165) is 24.1 Å². The lowest BCUT2D eigenvalue weighted by molar-refractivity contribution is 0.249. The van der Waals surface area contributed by atoms with Crippen LogP contribution in [0.2, 0.25) is 0 Å². The number of aliphatic hydroxyl groups excluding tert-OH is 1. The summed E-state index contributed by atoms with van der Waals surface area (Å²) in [4.78, 5) is 8.47. The molecule has 0 aromatic carbocycles. The third-order valence-corrected chi connectivity index (χ3v) is 2.26. The number of pyridine rings is 1. The average Bonchev–Trinajstić information content (AvgIpc) is 2.71. The van der Waals surface area contributed by atoms with E-state index in [4.69, 9.17) is 9.84 Å². The summed E-state index contributed by atoms with van der Waals surface area (Å²) in [5.74, 6) is 0.650. The molecule has 1 aliphatic heterocycles. The lowest BCUT2D eigenvalue weighted by Crippen LogP contribution is -2.01. The highest BCUT2D eigenvalue weighted by atomic mass is 16.5. The van der Waals surface area contributed by atoms with Crippen molar-refractivity contribution in [3.63, 3.8) is 0 Å². The van der Waals surface area contributed by atoms with Gasteiger partial charge in [-0.25, -0.2) is 4.98 Å². The van der Waals surface area contributed by atoms with Crippen molar-refractivity contribution in [2.45, 2.75) is 19.4 Å². The lowest BCUT2D eigenvalue weighted by atomic mass is 10.2. The molecule has 0 radical (unpaired) electrons. The van der Waals surface area contributed by atoms with Crippen LogP contribution < -0.4 is 4.74 Å². The van der Waals surface area contributed by atoms with Crippen molar-refractivity contribution in [1.29, 1.82) is 0 Å². The Kier molecular flexibility index (Phi) is 3.29. The monoisotopic (exact) mass is 206 g/mol. The van der Waals surface area contributed by atoms with E-state index < -0.39 is 0 Å². The van der Waals surface area contributed by atoms with E-state index in [1.807, 2.05) is 18.3 Å². The first-order valence-electron chi connectivity index (χ1n) is 5.13. The molecule has 1 N–H and O–H groups in total. The summed E-state index contributed by atoms with van der Waals surface area (Å²) < 4.78 is 5.46. The van der Waals surface area contributed by atoms with Crippen molar-refractivity contribution in [3.8, 4) is 5.88 Å². The van der Waals surface area contributed by atoms with Crippen molar-refractivity contribution in [2.75, 3.05) is 13.2 Å². The number of hydrogen-bond acceptors (Lipinski definition) is 4. The van der Waals surface area contributed by atoms with Crippen molar-refractivity contribution in [3.05, 3.63) is 23.4 Å². The van der Waals surface area contributed by atoms with Gasteiger partial charge in [-0.05, 0) is 18.9 Å². The van der Waals surface area contributed by atoms with Crippen LogP contribution in [0, 0.1) is 0 Å². The molecular weight excluding hydrogens is 192 g/mol. The van der Waals surface area contributed by atoms with Gasteiger partial charge in [0.05, 0.1) is 18.8 Å². The van der Waals surface area contributed by atoms with Gasteiger partial charge in [-0.15, -0.1) is 0 Å². The first-order chi connectivity index (χ1) is 7.40. The Morgan fingerprint density at radius 1 is 1.33 bits per heavy atom. The van der Waals surface area contributed by atoms with Gasteiger partial charge in [0.1, 0.15) is 0 Å². The third-order valence-electron chi connectivity index (χ3n) is 2.26. The molecule has 0 fully saturated rings. The number of nitrogens with zero attached hydrogens (tertiary/aromatic N) is 2. The van der Waals surface area contributed by atoms with Crippen LogP contribution in [-0.4, -0.2) is 29.5 Å². The van der Waals surface area contributed by atoms with Crippen LogP contribution in [0.1, 0.15) is 24.1 Å². The maximum absolute atomic E-state index is 8.60. The Balaban J connectivity index is 1.88. The van der Waals surface area contributed by atoms with Gasteiger partial charge in [0.25, 0.3) is 0 Å². The van der Waals surface area contributed by atoms with Crippen molar-refractivity contribution >= 4 is 6.21 Å². The van der Waals surface area contributed by atoms with E-state index in [0.29, 0.717) is 19.0 Å². The molecule has 1 aromatic heterocycles. The summed E-state index contributed by atoms with van der Waals surface area (Å²) in [6, 6.07) is 3.83. The van der Waals surface area contributed by atoms with E-state index in [2.05, 4.69) is 9.98 Å². The first-order valence-corrected chi connectivity index (χ1v) is 5.13. The zero-order valence-corrected chi connectivity index (χ0v) is 8.52. The minimum Gasteiger partial charge on any atom is -0.478 e. The number of hydrogen-bond donors (Lipinski definition) is 1. The summed E-state index contributed by atoms with van der Waals surface area (Å²) >= 11 is 0. The molecule has 0 bridgehead atoms. The molecule has 2 heterocycles. The average molecular weight is 206 g/mol. The summed E-state index contributed by atoms with van der Waals surface area (Å²) in [6.07, 6.45) is 3.46. The highest BCUT2D eigenvalue weighted by Crippen LogP contribution is 2.16. The van der Waals surface area contributed by atoms with Crippen LogP contribution in [0.4, 0.5) is 0 Å². The van der Waals surface area contributed by atoms with Gasteiger partial charge in [-0.3, -0.25) is 4.99 Å². The van der Waals surface area contributed by atoms with Gasteiger partial charge in [0.15, 0.2) is 0 Å². The molecule has 4 nitrogen and oxygen atoms in total. The van der Waals surface area contributed by atoms with Gasteiger partial charge in [-0.2, -0.15) is 0 Å². The molecule has 2 rings (SSSR count). The highest BCUT2D eigenvalue weighted by molar-refractivity contribution is 5.83. The molecule has 0 saturated heterocycles. The molecule has 0 spiro atoms. The second kappa shape index (κ2) is 4.89. The fraction of sp³-hybridized carbons (Fsp3) is 0.455. The topological polar surface area (TPSA) is 54.7 Å². The van der Waals surface area contributed by atoms with Gasteiger partial charge >= 0.3 is 0 Å². The number of fused-ring (bicyclic) bond motifs is 1. The Morgan fingerprint density at radius 2 is 2.27 bits per heavy atom. The molecule has 0 amide bonds. The smallest absolute Gasteiger partial charge is 0.213 e. The van der Waals surface area contributed by atoms with Crippen molar-refractivity contribution in [1.82, 2.24) is 4.98 Å². The second-order valence-electron chi connectivity index (χ2n) is 3.43. The van der Waals surface area contributed by atoms with Crippen molar-refractivity contribution < 1.29 is 9.84 Å². The highest BCUT2D eigenvalue weighted by Gasteiger charge is 2.08. The SMILES string of the molecule is OCCCCOc1ccc2c(n1)CN=C2. The van der Waals surface area contributed by atoms with Gasteiger partial charge in [-0.1, -0.05) is 0 Å². The predicted molar refractivity (Wildman–Crippen MR) is 57.3 cm³/mol. The summed E-state index contributed by atoms with van der Waals surface area (Å²) in [5.41, 5.74) is 2.06. The van der Waals surface area contributed by atoms with Crippen LogP contribution in [-0.2, 0) is 6.54 Å². The van der Waals surface area contributed by atoms with E-state index in [1.54, 1.807) is 0 Å². The summed E-state index contributed by atoms with van der Waals surface area (Å²) in [6.45, 7) is 1.48.